The quantitative estimate of drug-likeness (QED) is 0.390. The minimum Gasteiger partial charge on any atom is -0.478 e. The Labute approximate surface area is 82.7 Å². The van der Waals surface area contributed by atoms with Crippen molar-refractivity contribution in [2.75, 3.05) is 0 Å². The van der Waals surface area contributed by atoms with E-state index in [0.717, 1.165) is 12.2 Å². The van der Waals surface area contributed by atoms with Crippen molar-refractivity contribution in [1.29, 1.82) is 0 Å². The maximum absolute atomic E-state index is 10.6. The van der Waals surface area contributed by atoms with Gasteiger partial charge in [-0.3, -0.25) is 0 Å². The molecular weight excluding hydrogens is 183 g/mol. The van der Waals surface area contributed by atoms with Crippen molar-refractivity contribution < 1.29 is 19.8 Å². The van der Waals surface area contributed by atoms with Crippen LogP contribution in [0.2, 0.25) is 0 Å². The first-order valence-corrected chi connectivity index (χ1v) is 3.66. The molecule has 5 heteroatoms. The van der Waals surface area contributed by atoms with Gasteiger partial charge in [-0.25, -0.2) is 9.59 Å². The Morgan fingerprint density at radius 1 is 1.21 bits per heavy atom. The summed E-state index contributed by atoms with van der Waals surface area (Å²) in [5.41, 5.74) is -0.246. The average Bonchev–Trinajstić information content (AvgIpc) is 2.02. The first-order chi connectivity index (χ1) is 6.36. The van der Waals surface area contributed by atoms with Crippen LogP contribution in [0.4, 0.5) is 0 Å². The lowest BCUT2D eigenvalue weighted by molar-refractivity contribution is -0.133. The molecule has 0 bridgehead atoms. The molecule has 0 aliphatic heterocycles. The molecule has 0 fully saturated rings. The van der Waals surface area contributed by atoms with Gasteiger partial charge in [0.2, 0.25) is 0 Å². The number of carboxylic acids is 2. The van der Waals surface area contributed by atoms with Gasteiger partial charge in [-0.05, 0) is 12.2 Å². The molecule has 0 aliphatic carbocycles. The molecule has 0 rings (SSSR count). The van der Waals surface area contributed by atoms with Gasteiger partial charge in [0.25, 0.3) is 0 Å². The van der Waals surface area contributed by atoms with Crippen LogP contribution in [-0.4, -0.2) is 30.0 Å². The van der Waals surface area contributed by atoms with Crippen LogP contribution in [0, 0.1) is 0 Å². The van der Waals surface area contributed by atoms with Crippen molar-refractivity contribution in [3.8, 4) is 0 Å². The summed E-state index contributed by atoms with van der Waals surface area (Å²) >= 11 is 0. The second-order valence-electron chi connectivity index (χ2n) is 2.57. The maximum Gasteiger partial charge on any atom is 0.335 e. The van der Waals surface area contributed by atoms with Crippen LogP contribution < -0.4 is 0 Å². The van der Waals surface area contributed by atoms with E-state index < -0.39 is 11.9 Å². The third-order valence-electron chi connectivity index (χ3n) is 1.38. The molecule has 2 N–H and O–H groups in total. The molecule has 0 aromatic heterocycles. The number of aliphatic carboxylic acids is 2. The third kappa shape index (κ3) is 3.75. The fourth-order valence-electron chi connectivity index (χ4n) is 0.627. The molecule has 0 aliphatic rings. The summed E-state index contributed by atoms with van der Waals surface area (Å²) in [6, 6.07) is 0. The number of carboxylic acid groups (broad SMARTS) is 2. The Hall–Kier alpha value is -1.78. The number of hydrogen-bond donors (Lipinski definition) is 2. The van der Waals surface area contributed by atoms with Crippen LogP contribution in [0.15, 0.2) is 35.3 Å². The molecule has 0 saturated heterocycles. The van der Waals surface area contributed by atoms with E-state index in [1.54, 1.807) is 0 Å². The molecule has 0 amide bonds. The zero-order chi connectivity index (χ0) is 11.3. The van der Waals surface area contributed by atoms with Gasteiger partial charge >= 0.3 is 11.9 Å². The maximum atomic E-state index is 10.6. The zero-order valence-electron chi connectivity index (χ0n) is 7.65. The second-order valence-corrected chi connectivity index (χ2v) is 2.57. The van der Waals surface area contributed by atoms with E-state index in [-0.39, 0.29) is 16.6 Å². The Kier molecular flexibility index (Phi) is 4.42. The summed E-state index contributed by atoms with van der Waals surface area (Å²) < 4.78 is 0. The van der Waals surface area contributed by atoms with Gasteiger partial charge in [0.05, 0.1) is 5.57 Å². The molecular formula is C9H9BO4. The summed E-state index contributed by atoms with van der Waals surface area (Å²) in [5, 5.41) is 17.1. The topological polar surface area (TPSA) is 74.6 Å². The van der Waals surface area contributed by atoms with Crippen molar-refractivity contribution in [2.45, 2.75) is 6.92 Å². The lowest BCUT2D eigenvalue weighted by Gasteiger charge is -1.98. The highest BCUT2D eigenvalue weighted by atomic mass is 16.4. The number of carbonyl (C=O) groups is 2. The van der Waals surface area contributed by atoms with Gasteiger partial charge in [-0.2, -0.15) is 0 Å². The Morgan fingerprint density at radius 3 is 2.00 bits per heavy atom. The molecule has 14 heavy (non-hydrogen) atoms. The van der Waals surface area contributed by atoms with Crippen LogP contribution in [0.5, 0.6) is 0 Å². The zero-order valence-corrected chi connectivity index (χ0v) is 7.65. The largest absolute Gasteiger partial charge is 0.478 e. The van der Waals surface area contributed by atoms with E-state index in [1.807, 2.05) is 0 Å². The lowest BCUT2D eigenvalue weighted by Crippen LogP contribution is -2.02. The van der Waals surface area contributed by atoms with Crippen molar-refractivity contribution in [2.24, 2.45) is 0 Å². The minimum atomic E-state index is -1.21. The van der Waals surface area contributed by atoms with E-state index in [4.69, 9.17) is 18.1 Å². The van der Waals surface area contributed by atoms with Crippen molar-refractivity contribution >= 4 is 19.8 Å². The molecule has 0 aromatic rings. The Balaban J connectivity index is 4.82. The predicted molar refractivity (Wildman–Crippen MR) is 52.0 cm³/mol. The van der Waals surface area contributed by atoms with Gasteiger partial charge in [0, 0.05) is 5.57 Å². The fourth-order valence-corrected chi connectivity index (χ4v) is 0.627. The van der Waals surface area contributed by atoms with Crippen LogP contribution >= 0.6 is 0 Å². The summed E-state index contributed by atoms with van der Waals surface area (Å²) in [5.74, 6) is -2.42. The molecule has 0 aromatic carbocycles. The Morgan fingerprint density at radius 2 is 1.71 bits per heavy atom. The predicted octanol–water partition coefficient (Wildman–Crippen LogP) is 0.710. The summed E-state index contributed by atoms with van der Waals surface area (Å²) in [4.78, 5) is 20.9. The van der Waals surface area contributed by atoms with Gasteiger partial charge in [0.1, 0.15) is 7.85 Å². The summed E-state index contributed by atoms with van der Waals surface area (Å²) in [7, 11) is 5.27. The number of hydrogen-bond acceptors (Lipinski definition) is 2. The third-order valence-corrected chi connectivity index (χ3v) is 1.38. The molecule has 0 atom stereocenters. The normalized spacial score (nSPS) is 12.4. The highest BCUT2D eigenvalue weighted by Crippen LogP contribution is 2.05. The molecule has 0 spiro atoms. The SMILES string of the molecule is [B]/C(C)=C(/C=C\C(=C)C(=O)O)C(=O)O. The van der Waals surface area contributed by atoms with Crippen molar-refractivity contribution in [1.82, 2.24) is 0 Å². The lowest BCUT2D eigenvalue weighted by atomic mass is 9.91. The Bertz CT molecular complexity index is 335. The molecule has 0 saturated carbocycles. The first kappa shape index (κ1) is 12.2. The number of allylic oxidation sites excluding steroid dienone is 1. The van der Waals surface area contributed by atoms with Crippen LogP contribution in [0.25, 0.3) is 0 Å². The van der Waals surface area contributed by atoms with Crippen LogP contribution in [0.1, 0.15) is 6.92 Å². The van der Waals surface area contributed by atoms with Crippen molar-refractivity contribution in [3.63, 3.8) is 0 Å². The minimum absolute atomic E-state index is 0.104. The van der Waals surface area contributed by atoms with Gasteiger partial charge in [0.15, 0.2) is 0 Å². The molecule has 2 radical (unpaired) electrons. The van der Waals surface area contributed by atoms with Crippen LogP contribution in [-0.2, 0) is 9.59 Å². The van der Waals surface area contributed by atoms with Gasteiger partial charge < -0.3 is 10.2 Å². The summed E-state index contributed by atoms with van der Waals surface area (Å²) in [6.07, 6.45) is 2.19. The van der Waals surface area contributed by atoms with E-state index >= 15 is 0 Å². The van der Waals surface area contributed by atoms with E-state index in [1.165, 1.54) is 6.92 Å². The van der Waals surface area contributed by atoms with E-state index in [0.29, 0.717) is 0 Å². The van der Waals surface area contributed by atoms with Gasteiger partial charge in [-0.1, -0.05) is 13.5 Å². The first-order valence-electron chi connectivity index (χ1n) is 3.66. The highest BCUT2D eigenvalue weighted by molar-refractivity contribution is 6.24. The fraction of sp³-hybridized carbons (Fsp3) is 0.111. The summed E-state index contributed by atoms with van der Waals surface area (Å²) in [6.45, 7) is 4.62. The smallest absolute Gasteiger partial charge is 0.335 e. The second kappa shape index (κ2) is 5.06. The highest BCUT2D eigenvalue weighted by Gasteiger charge is 2.05. The number of rotatable bonds is 4. The molecule has 4 nitrogen and oxygen atoms in total. The molecule has 72 valence electrons. The molecule has 0 unspecified atom stereocenters. The van der Waals surface area contributed by atoms with Crippen molar-refractivity contribution in [3.05, 3.63) is 35.3 Å². The van der Waals surface area contributed by atoms with Gasteiger partial charge in [-0.15, -0.1) is 5.47 Å². The van der Waals surface area contributed by atoms with E-state index in [9.17, 15) is 9.59 Å². The monoisotopic (exact) mass is 192 g/mol. The standard InChI is InChI=1S/C9H9BO4/c1-5(8(11)12)3-4-7(6(2)10)9(13)14/h3-4H,1H2,2H3,(H,11,12)(H,13,14)/b4-3-,7-6-. The van der Waals surface area contributed by atoms with E-state index in [2.05, 4.69) is 6.58 Å². The van der Waals surface area contributed by atoms with Crippen LogP contribution in [0.3, 0.4) is 0 Å². The molecule has 0 heterocycles. The average molecular weight is 192 g/mol.